The van der Waals surface area contributed by atoms with Crippen molar-refractivity contribution in [3.05, 3.63) is 42.0 Å². The third kappa shape index (κ3) is 5.12. The van der Waals surface area contributed by atoms with Gasteiger partial charge in [-0.25, -0.2) is 4.98 Å². The largest absolute Gasteiger partial charge is 0.482 e. The fraction of sp³-hybridized carbons (Fsp3) is 0.429. The summed E-state index contributed by atoms with van der Waals surface area (Å²) in [5.41, 5.74) is 1.84. The molecule has 164 valence electrons. The lowest BCUT2D eigenvalue weighted by Crippen LogP contribution is -2.19. The van der Waals surface area contributed by atoms with Crippen LogP contribution >= 0.6 is 0 Å². The van der Waals surface area contributed by atoms with Crippen molar-refractivity contribution in [2.24, 2.45) is 5.92 Å². The van der Waals surface area contributed by atoms with E-state index in [1.807, 2.05) is 6.92 Å². The highest BCUT2D eigenvalue weighted by molar-refractivity contribution is 5.99. The number of carbonyl (C=O) groups is 1. The summed E-state index contributed by atoms with van der Waals surface area (Å²) in [6.07, 6.45) is 2.93. The van der Waals surface area contributed by atoms with Crippen LogP contribution in [0, 0.1) is 12.8 Å². The summed E-state index contributed by atoms with van der Waals surface area (Å²) < 4.78 is 43.7. The quantitative estimate of drug-likeness (QED) is 0.596. The van der Waals surface area contributed by atoms with Crippen LogP contribution in [0.3, 0.4) is 0 Å². The Kier molecular flexibility index (Phi) is 5.55. The summed E-state index contributed by atoms with van der Waals surface area (Å²) in [4.78, 5) is 20.7. The molecule has 4 rings (SSSR count). The van der Waals surface area contributed by atoms with Gasteiger partial charge in [-0.05, 0) is 50.3 Å². The van der Waals surface area contributed by atoms with Gasteiger partial charge in [-0.1, -0.05) is 0 Å². The molecule has 1 unspecified atom stereocenters. The fourth-order valence-electron chi connectivity index (χ4n) is 3.27. The Labute approximate surface area is 176 Å². The molecule has 10 heteroatoms. The molecule has 0 aliphatic heterocycles. The van der Waals surface area contributed by atoms with Crippen LogP contribution in [0.5, 0.6) is 5.75 Å². The van der Waals surface area contributed by atoms with Gasteiger partial charge in [-0.3, -0.25) is 14.5 Å². The maximum atomic E-state index is 12.4. The van der Waals surface area contributed by atoms with E-state index in [-0.39, 0.29) is 17.7 Å². The first-order chi connectivity index (χ1) is 14.7. The molecule has 1 aliphatic carbocycles. The molecule has 1 N–H and O–H groups in total. The maximum Gasteiger partial charge on any atom is 0.422 e. The second kappa shape index (κ2) is 8.16. The standard InChI is InChI=1S/C21H22F3N5O2/c1-12-7-17(26-9-18(12)31-11-21(22,23)24)13(2)29-10-15-16(28-29)5-6-25-20(15)27-19(30)8-14-3-4-14/h5-7,9-10,13-14H,3-4,8,11H2,1-2H3,(H,25,27,30). The van der Waals surface area contributed by atoms with Crippen LogP contribution in [-0.2, 0) is 4.79 Å². The number of pyridine rings is 2. The van der Waals surface area contributed by atoms with Crippen molar-refractivity contribution < 1.29 is 22.7 Å². The number of anilines is 1. The van der Waals surface area contributed by atoms with E-state index in [1.54, 1.807) is 36.1 Å². The molecule has 1 saturated carbocycles. The number of aromatic nitrogens is 4. The molecule has 0 radical (unpaired) electrons. The van der Waals surface area contributed by atoms with Gasteiger partial charge in [-0.2, -0.15) is 18.3 Å². The van der Waals surface area contributed by atoms with Crippen LogP contribution in [-0.4, -0.2) is 38.4 Å². The number of halogens is 3. The highest BCUT2D eigenvalue weighted by Crippen LogP contribution is 2.33. The number of alkyl halides is 3. The monoisotopic (exact) mass is 433 g/mol. The molecule has 0 spiro atoms. The zero-order valence-corrected chi connectivity index (χ0v) is 17.1. The van der Waals surface area contributed by atoms with Crippen molar-refractivity contribution in [3.63, 3.8) is 0 Å². The van der Waals surface area contributed by atoms with Gasteiger partial charge in [0, 0.05) is 18.8 Å². The van der Waals surface area contributed by atoms with E-state index in [2.05, 4.69) is 20.4 Å². The lowest BCUT2D eigenvalue weighted by molar-refractivity contribution is -0.153. The zero-order chi connectivity index (χ0) is 22.2. The smallest absolute Gasteiger partial charge is 0.422 e. The number of aryl methyl sites for hydroxylation is 1. The molecule has 31 heavy (non-hydrogen) atoms. The SMILES string of the molecule is Cc1cc(C(C)n2cc3c(NC(=O)CC4CC4)nccc3n2)ncc1OCC(F)(F)F. The van der Waals surface area contributed by atoms with Crippen molar-refractivity contribution in [1.82, 2.24) is 19.7 Å². The second-order valence-electron chi connectivity index (χ2n) is 7.85. The highest BCUT2D eigenvalue weighted by atomic mass is 19.4. The molecule has 1 fully saturated rings. The van der Waals surface area contributed by atoms with E-state index in [0.717, 1.165) is 12.8 Å². The van der Waals surface area contributed by atoms with Crippen LogP contribution in [0.2, 0.25) is 0 Å². The minimum Gasteiger partial charge on any atom is -0.482 e. The van der Waals surface area contributed by atoms with Gasteiger partial charge in [0.25, 0.3) is 0 Å². The fourth-order valence-corrected chi connectivity index (χ4v) is 3.27. The topological polar surface area (TPSA) is 81.9 Å². The van der Waals surface area contributed by atoms with E-state index < -0.39 is 12.8 Å². The molecule has 3 aromatic rings. The van der Waals surface area contributed by atoms with E-state index in [0.29, 0.717) is 40.3 Å². The molecule has 0 bridgehead atoms. The van der Waals surface area contributed by atoms with Crippen molar-refractivity contribution >= 4 is 22.6 Å². The normalized spacial score (nSPS) is 15.1. The molecule has 7 nitrogen and oxygen atoms in total. The molecule has 3 heterocycles. The van der Waals surface area contributed by atoms with Crippen LogP contribution in [0.15, 0.2) is 30.7 Å². The van der Waals surface area contributed by atoms with Gasteiger partial charge in [0.05, 0.1) is 28.8 Å². The first kappa shape index (κ1) is 21.1. The van der Waals surface area contributed by atoms with E-state index >= 15 is 0 Å². The maximum absolute atomic E-state index is 12.4. The summed E-state index contributed by atoms with van der Waals surface area (Å²) in [5.74, 6) is 0.958. The second-order valence-corrected chi connectivity index (χ2v) is 7.85. The molecule has 0 saturated heterocycles. The predicted molar refractivity (Wildman–Crippen MR) is 108 cm³/mol. The van der Waals surface area contributed by atoms with E-state index in [4.69, 9.17) is 4.74 Å². The van der Waals surface area contributed by atoms with E-state index in [9.17, 15) is 18.0 Å². The third-order valence-corrected chi connectivity index (χ3v) is 5.18. The molecule has 3 aromatic heterocycles. The van der Waals surface area contributed by atoms with Crippen LogP contribution in [0.25, 0.3) is 10.9 Å². The third-order valence-electron chi connectivity index (χ3n) is 5.18. The Bertz CT molecular complexity index is 1110. The highest BCUT2D eigenvalue weighted by Gasteiger charge is 2.29. The average molecular weight is 433 g/mol. The Morgan fingerprint density at radius 1 is 1.35 bits per heavy atom. The van der Waals surface area contributed by atoms with Gasteiger partial charge in [-0.15, -0.1) is 0 Å². The Morgan fingerprint density at radius 2 is 2.13 bits per heavy atom. The van der Waals surface area contributed by atoms with Gasteiger partial charge in [0.15, 0.2) is 6.61 Å². The molecule has 1 atom stereocenters. The van der Waals surface area contributed by atoms with Crippen molar-refractivity contribution in [3.8, 4) is 5.75 Å². The van der Waals surface area contributed by atoms with Crippen molar-refractivity contribution in [1.29, 1.82) is 0 Å². The van der Waals surface area contributed by atoms with Gasteiger partial charge in [0.1, 0.15) is 11.6 Å². The number of hydrogen-bond donors (Lipinski definition) is 1. The number of carbonyl (C=O) groups excluding carboxylic acids is 1. The summed E-state index contributed by atoms with van der Waals surface area (Å²) in [7, 11) is 0. The van der Waals surface area contributed by atoms with Gasteiger partial charge in [0.2, 0.25) is 5.91 Å². The number of amides is 1. The number of nitrogens with zero attached hydrogens (tertiary/aromatic N) is 4. The number of rotatable bonds is 7. The van der Waals surface area contributed by atoms with Crippen LogP contribution in [0.4, 0.5) is 19.0 Å². The summed E-state index contributed by atoms with van der Waals surface area (Å²) >= 11 is 0. The minimum atomic E-state index is -4.41. The van der Waals surface area contributed by atoms with E-state index in [1.165, 1.54) is 6.20 Å². The molecule has 0 aromatic carbocycles. The lowest BCUT2D eigenvalue weighted by Gasteiger charge is -2.15. The molecule has 1 aliphatic rings. The molecule has 1 amide bonds. The predicted octanol–water partition coefficient (Wildman–Crippen LogP) is 4.42. The minimum absolute atomic E-state index is 0.0602. The zero-order valence-electron chi connectivity index (χ0n) is 17.1. The van der Waals surface area contributed by atoms with Gasteiger partial charge >= 0.3 is 6.18 Å². The van der Waals surface area contributed by atoms with Gasteiger partial charge < -0.3 is 10.1 Å². The number of ether oxygens (including phenoxy) is 1. The molecular formula is C21H22F3N5O2. The number of nitrogens with one attached hydrogen (secondary N) is 1. The summed E-state index contributed by atoms with van der Waals surface area (Å²) in [6, 6.07) is 3.14. The average Bonchev–Trinajstić information content (AvgIpc) is 3.39. The van der Waals surface area contributed by atoms with Crippen LogP contribution in [0.1, 0.15) is 43.5 Å². The lowest BCUT2D eigenvalue weighted by atomic mass is 10.1. The first-order valence-electron chi connectivity index (χ1n) is 9.99. The Balaban J connectivity index is 1.53. The Morgan fingerprint density at radius 3 is 2.81 bits per heavy atom. The van der Waals surface area contributed by atoms with Crippen LogP contribution < -0.4 is 10.1 Å². The summed E-state index contributed by atoms with van der Waals surface area (Å²) in [5, 5.41) is 8.13. The number of hydrogen-bond acceptors (Lipinski definition) is 5. The molecular weight excluding hydrogens is 411 g/mol. The first-order valence-corrected chi connectivity index (χ1v) is 9.99. The van der Waals surface area contributed by atoms with Crippen molar-refractivity contribution in [2.75, 3.05) is 11.9 Å². The summed E-state index contributed by atoms with van der Waals surface area (Å²) in [6.45, 7) is 2.18. The number of fused-ring (bicyclic) bond motifs is 1. The van der Waals surface area contributed by atoms with Crippen molar-refractivity contribution in [2.45, 2.75) is 45.3 Å². The Hall–Kier alpha value is -3.17.